The lowest BCUT2D eigenvalue weighted by molar-refractivity contribution is -0.137. The summed E-state index contributed by atoms with van der Waals surface area (Å²) >= 11 is 11.6. The fourth-order valence-corrected chi connectivity index (χ4v) is 2.30. The number of nitrogen functional groups attached to an aromatic ring is 1. The molecule has 1 amide bonds. The summed E-state index contributed by atoms with van der Waals surface area (Å²) in [6.45, 7) is 0. The number of amides is 1. The number of hydrogen-bond acceptors (Lipinski definition) is 3. The van der Waals surface area contributed by atoms with Crippen LogP contribution in [-0.4, -0.2) is 15.7 Å². The molecule has 0 radical (unpaired) electrons. The highest BCUT2D eigenvalue weighted by Gasteiger charge is 2.32. The number of primary amides is 1. The number of aromatic nitrogens is 2. The van der Waals surface area contributed by atoms with Gasteiger partial charge in [-0.2, -0.15) is 18.3 Å². The van der Waals surface area contributed by atoms with Crippen molar-refractivity contribution < 1.29 is 18.0 Å². The van der Waals surface area contributed by atoms with Crippen LogP contribution in [0.3, 0.4) is 0 Å². The van der Waals surface area contributed by atoms with E-state index in [1.807, 2.05) is 0 Å². The Morgan fingerprint density at radius 2 is 1.76 bits per heavy atom. The predicted octanol–water partition coefficient (Wildman–Crippen LogP) is 2.88. The fourth-order valence-electron chi connectivity index (χ4n) is 1.66. The van der Waals surface area contributed by atoms with Gasteiger partial charge in [-0.25, -0.2) is 4.68 Å². The van der Waals surface area contributed by atoms with Crippen LogP contribution < -0.4 is 11.5 Å². The molecule has 4 N–H and O–H groups in total. The molecule has 21 heavy (non-hydrogen) atoms. The second-order valence-electron chi connectivity index (χ2n) is 4.01. The van der Waals surface area contributed by atoms with Crippen molar-refractivity contribution >= 4 is 34.9 Å². The Labute approximate surface area is 126 Å². The van der Waals surface area contributed by atoms with Crippen LogP contribution in [0.2, 0.25) is 10.0 Å². The SMILES string of the molecule is NC(=O)c1cnn(-c2c(Cl)cc(C(F)(F)F)cc2Cl)c1N. The summed E-state index contributed by atoms with van der Waals surface area (Å²) in [6, 6.07) is 1.38. The summed E-state index contributed by atoms with van der Waals surface area (Å²) in [6.07, 6.45) is -3.53. The number of benzene rings is 1. The van der Waals surface area contributed by atoms with Crippen LogP contribution >= 0.6 is 23.2 Å². The van der Waals surface area contributed by atoms with Gasteiger partial charge in [0, 0.05) is 0 Å². The Bertz CT molecular complexity index is 704. The van der Waals surface area contributed by atoms with Gasteiger partial charge < -0.3 is 11.5 Å². The third-order valence-electron chi connectivity index (χ3n) is 2.63. The molecule has 0 aliphatic heterocycles. The van der Waals surface area contributed by atoms with Crippen LogP contribution in [0, 0.1) is 0 Å². The van der Waals surface area contributed by atoms with Crippen molar-refractivity contribution in [1.29, 1.82) is 0 Å². The lowest BCUT2D eigenvalue weighted by Crippen LogP contribution is -2.14. The van der Waals surface area contributed by atoms with Crippen LogP contribution in [0.1, 0.15) is 15.9 Å². The van der Waals surface area contributed by atoms with Gasteiger partial charge in [-0.05, 0) is 12.1 Å². The molecule has 0 aliphatic carbocycles. The average molecular weight is 339 g/mol. The summed E-state index contributed by atoms with van der Waals surface area (Å²) in [7, 11) is 0. The highest BCUT2D eigenvalue weighted by atomic mass is 35.5. The number of rotatable bonds is 2. The Kier molecular flexibility index (Phi) is 3.77. The molecule has 0 bridgehead atoms. The third-order valence-corrected chi connectivity index (χ3v) is 3.20. The van der Waals surface area contributed by atoms with E-state index in [9.17, 15) is 18.0 Å². The van der Waals surface area contributed by atoms with Gasteiger partial charge in [-0.15, -0.1) is 0 Å². The molecule has 0 saturated carbocycles. The number of carbonyl (C=O) groups is 1. The first kappa shape index (κ1) is 15.5. The van der Waals surface area contributed by atoms with Gasteiger partial charge in [0.25, 0.3) is 5.91 Å². The molecule has 1 heterocycles. The van der Waals surface area contributed by atoms with Crippen molar-refractivity contribution in [3.63, 3.8) is 0 Å². The number of hydrogen-bond donors (Lipinski definition) is 2. The summed E-state index contributed by atoms with van der Waals surface area (Å²) in [5, 5.41) is 3.12. The number of halogens is 5. The minimum Gasteiger partial charge on any atom is -0.383 e. The van der Waals surface area contributed by atoms with E-state index in [0.29, 0.717) is 12.1 Å². The first-order valence-corrected chi connectivity index (χ1v) is 6.08. The molecule has 0 unspecified atom stereocenters. The van der Waals surface area contributed by atoms with Crippen LogP contribution in [-0.2, 0) is 6.18 Å². The molecule has 112 valence electrons. The molecule has 0 saturated heterocycles. The Morgan fingerprint density at radius 3 is 2.14 bits per heavy atom. The average Bonchev–Trinajstić information content (AvgIpc) is 2.69. The molecule has 10 heteroatoms. The highest BCUT2D eigenvalue weighted by Crippen LogP contribution is 2.38. The Balaban J connectivity index is 2.63. The van der Waals surface area contributed by atoms with Crippen molar-refractivity contribution in [2.45, 2.75) is 6.18 Å². The number of nitrogens with two attached hydrogens (primary N) is 2. The van der Waals surface area contributed by atoms with Crippen molar-refractivity contribution in [3.05, 3.63) is 39.5 Å². The molecule has 0 spiro atoms. The van der Waals surface area contributed by atoms with Gasteiger partial charge in [0.1, 0.15) is 17.1 Å². The van der Waals surface area contributed by atoms with Crippen LogP contribution in [0.5, 0.6) is 0 Å². The molecule has 0 fully saturated rings. The zero-order valence-electron chi connectivity index (χ0n) is 10.1. The third kappa shape index (κ3) is 2.77. The first-order valence-electron chi connectivity index (χ1n) is 5.33. The molecular formula is C11H7Cl2F3N4O. The van der Waals surface area contributed by atoms with Gasteiger partial charge in [0.2, 0.25) is 0 Å². The number of anilines is 1. The summed E-state index contributed by atoms with van der Waals surface area (Å²) < 4.78 is 38.9. The summed E-state index contributed by atoms with van der Waals surface area (Å²) in [5.41, 5.74) is 9.55. The molecule has 0 atom stereocenters. The molecule has 1 aromatic heterocycles. The number of nitrogens with zero attached hydrogens (tertiary/aromatic N) is 2. The highest BCUT2D eigenvalue weighted by molar-refractivity contribution is 6.38. The Morgan fingerprint density at radius 1 is 1.24 bits per heavy atom. The summed E-state index contributed by atoms with van der Waals surface area (Å²) in [4.78, 5) is 11.1. The van der Waals surface area contributed by atoms with Crippen molar-refractivity contribution in [1.82, 2.24) is 9.78 Å². The topological polar surface area (TPSA) is 86.9 Å². The maximum absolute atomic E-state index is 12.6. The van der Waals surface area contributed by atoms with Gasteiger partial charge in [0.05, 0.1) is 21.8 Å². The summed E-state index contributed by atoms with van der Waals surface area (Å²) in [5.74, 6) is -1.01. The fraction of sp³-hybridized carbons (Fsp3) is 0.0909. The van der Waals surface area contributed by atoms with E-state index in [4.69, 9.17) is 34.7 Å². The molecule has 5 nitrogen and oxygen atoms in total. The molecule has 2 aromatic rings. The van der Waals surface area contributed by atoms with E-state index in [1.54, 1.807) is 0 Å². The largest absolute Gasteiger partial charge is 0.416 e. The molecular weight excluding hydrogens is 332 g/mol. The van der Waals surface area contributed by atoms with Crippen molar-refractivity contribution in [2.75, 3.05) is 5.73 Å². The van der Waals surface area contributed by atoms with Gasteiger partial charge in [0.15, 0.2) is 0 Å². The lowest BCUT2D eigenvalue weighted by atomic mass is 10.2. The Hall–Kier alpha value is -1.93. The van der Waals surface area contributed by atoms with Crippen LogP contribution in [0.15, 0.2) is 18.3 Å². The minimum atomic E-state index is -4.60. The van der Waals surface area contributed by atoms with E-state index in [1.165, 1.54) is 0 Å². The minimum absolute atomic E-state index is 0.0728. The van der Waals surface area contributed by atoms with Gasteiger partial charge in [-0.3, -0.25) is 4.79 Å². The lowest BCUT2D eigenvalue weighted by Gasteiger charge is -2.13. The zero-order valence-corrected chi connectivity index (χ0v) is 11.6. The molecule has 1 aromatic carbocycles. The van der Waals surface area contributed by atoms with Crippen molar-refractivity contribution in [3.8, 4) is 5.69 Å². The van der Waals surface area contributed by atoms with E-state index >= 15 is 0 Å². The molecule has 0 aliphatic rings. The van der Waals surface area contributed by atoms with E-state index in [0.717, 1.165) is 10.9 Å². The second kappa shape index (κ2) is 5.12. The maximum Gasteiger partial charge on any atom is 0.416 e. The van der Waals surface area contributed by atoms with Crippen LogP contribution in [0.25, 0.3) is 5.69 Å². The second-order valence-corrected chi connectivity index (χ2v) is 4.82. The van der Waals surface area contributed by atoms with E-state index in [-0.39, 0.29) is 27.1 Å². The number of carbonyl (C=O) groups excluding carboxylic acids is 1. The smallest absolute Gasteiger partial charge is 0.383 e. The van der Waals surface area contributed by atoms with Crippen LogP contribution in [0.4, 0.5) is 19.0 Å². The van der Waals surface area contributed by atoms with E-state index < -0.39 is 17.6 Å². The monoisotopic (exact) mass is 338 g/mol. The number of alkyl halides is 3. The first-order chi connectivity index (χ1) is 9.62. The standard InChI is InChI=1S/C11H7Cl2F3N4O/c12-6-1-4(11(14,15)16)2-7(13)8(6)20-9(17)5(3-19-20)10(18)21/h1-3H,17H2,(H2,18,21). The van der Waals surface area contributed by atoms with Gasteiger partial charge in [-0.1, -0.05) is 23.2 Å². The van der Waals surface area contributed by atoms with Gasteiger partial charge >= 0.3 is 6.18 Å². The normalized spacial score (nSPS) is 11.7. The zero-order chi connectivity index (χ0) is 15.9. The molecule has 2 rings (SSSR count). The van der Waals surface area contributed by atoms with E-state index in [2.05, 4.69) is 5.10 Å². The predicted molar refractivity (Wildman–Crippen MR) is 71.5 cm³/mol. The maximum atomic E-state index is 12.6. The quantitative estimate of drug-likeness (QED) is 0.882. The van der Waals surface area contributed by atoms with Crippen molar-refractivity contribution in [2.24, 2.45) is 5.73 Å².